The number of methoxy groups -OCH3 is 1. The van der Waals surface area contributed by atoms with E-state index in [2.05, 4.69) is 0 Å². The summed E-state index contributed by atoms with van der Waals surface area (Å²) in [7, 11) is 1.59. The van der Waals surface area contributed by atoms with Crippen molar-refractivity contribution in [2.24, 2.45) is 0 Å². The molecule has 2 fully saturated rings. The summed E-state index contributed by atoms with van der Waals surface area (Å²) < 4.78 is 75.8. The zero-order valence-electron chi connectivity index (χ0n) is 41.5. The molecule has 0 aromatic heterocycles. The normalized spacial score (nSPS) is 23.7. The van der Waals surface area contributed by atoms with Gasteiger partial charge in [0.05, 0.1) is 52.9 Å². The summed E-state index contributed by atoms with van der Waals surface area (Å²) in [5.41, 5.74) is 6.55. The van der Waals surface area contributed by atoms with Crippen molar-refractivity contribution in [3.05, 3.63) is 251 Å². The molecular formula is C62H64O11S. The van der Waals surface area contributed by atoms with Gasteiger partial charge in [0.15, 0.2) is 23.7 Å². The first-order valence-corrected chi connectivity index (χ1v) is 25.6. The zero-order valence-corrected chi connectivity index (χ0v) is 42.4. The van der Waals surface area contributed by atoms with E-state index in [1.165, 1.54) is 0 Å². The molecule has 0 spiro atoms. The molecule has 0 amide bonds. The third-order valence-electron chi connectivity index (χ3n) is 12.9. The summed E-state index contributed by atoms with van der Waals surface area (Å²) in [5, 5.41) is 0.226. The van der Waals surface area contributed by atoms with E-state index in [1.807, 2.05) is 212 Å². The van der Waals surface area contributed by atoms with Crippen LogP contribution >= 0.6 is 12.2 Å². The lowest BCUT2D eigenvalue weighted by molar-refractivity contribution is -0.371. The first-order valence-electron chi connectivity index (χ1n) is 25.2. The highest BCUT2D eigenvalue weighted by molar-refractivity contribution is 7.80. The third kappa shape index (κ3) is 15.1. The monoisotopic (exact) mass is 1020 g/mol. The van der Waals surface area contributed by atoms with Crippen LogP contribution in [-0.4, -0.2) is 86.8 Å². The lowest BCUT2D eigenvalue weighted by Gasteiger charge is -2.50. The van der Waals surface area contributed by atoms with Gasteiger partial charge in [-0.1, -0.05) is 212 Å². The average molecular weight is 1020 g/mol. The number of hydrogen-bond donors (Lipinski definition) is 0. The Morgan fingerprint density at radius 3 is 1.08 bits per heavy atom. The molecule has 2 heterocycles. The van der Waals surface area contributed by atoms with Gasteiger partial charge in [-0.15, -0.1) is 0 Å². The van der Waals surface area contributed by atoms with Crippen molar-refractivity contribution in [3.8, 4) is 0 Å². The van der Waals surface area contributed by atoms with Crippen LogP contribution in [0.2, 0.25) is 0 Å². The highest BCUT2D eigenvalue weighted by Gasteiger charge is 2.55. The third-order valence-corrected chi connectivity index (χ3v) is 13.2. The Labute approximate surface area is 440 Å². The summed E-state index contributed by atoms with van der Waals surface area (Å²) in [5.74, 6) is 0. The summed E-state index contributed by atoms with van der Waals surface area (Å²) in [6, 6.07) is 69.5. The molecule has 0 aliphatic carbocycles. The van der Waals surface area contributed by atoms with Gasteiger partial charge < -0.3 is 52.1 Å². The summed E-state index contributed by atoms with van der Waals surface area (Å²) in [4.78, 5) is 0. The number of rotatable bonds is 25. The molecule has 384 valence electrons. The molecule has 2 aliphatic heterocycles. The molecule has 12 heteroatoms. The van der Waals surface area contributed by atoms with Gasteiger partial charge in [0.25, 0.3) is 0 Å². The first kappa shape index (κ1) is 52.9. The molecule has 0 N–H and O–H groups in total. The maximum absolute atomic E-state index is 7.54. The molecule has 0 unspecified atom stereocenters. The van der Waals surface area contributed by atoms with E-state index in [-0.39, 0.29) is 44.7 Å². The van der Waals surface area contributed by atoms with Crippen molar-refractivity contribution in [3.63, 3.8) is 0 Å². The maximum atomic E-state index is 7.54. The van der Waals surface area contributed by atoms with Gasteiger partial charge in [-0.3, -0.25) is 0 Å². The fourth-order valence-electron chi connectivity index (χ4n) is 9.10. The molecule has 7 aromatic rings. The van der Waals surface area contributed by atoms with Gasteiger partial charge in [-0.25, -0.2) is 0 Å². The van der Waals surface area contributed by atoms with Crippen molar-refractivity contribution >= 4 is 17.3 Å². The lowest BCUT2D eigenvalue weighted by atomic mass is 9.95. The molecule has 0 saturated carbocycles. The minimum Gasteiger partial charge on any atom is -0.471 e. The van der Waals surface area contributed by atoms with Crippen LogP contribution in [0.4, 0.5) is 0 Å². The Hall–Kier alpha value is -5.97. The predicted molar refractivity (Wildman–Crippen MR) is 284 cm³/mol. The van der Waals surface area contributed by atoms with Crippen LogP contribution in [0.1, 0.15) is 38.9 Å². The van der Waals surface area contributed by atoms with Crippen molar-refractivity contribution in [1.29, 1.82) is 0 Å². The van der Waals surface area contributed by atoms with E-state index >= 15 is 0 Å². The number of hydrogen-bond acceptors (Lipinski definition) is 12. The first-order chi connectivity index (χ1) is 36.6. The van der Waals surface area contributed by atoms with Gasteiger partial charge in [0.1, 0.15) is 42.7 Å². The molecule has 0 bridgehead atoms. The van der Waals surface area contributed by atoms with Crippen molar-refractivity contribution < 1.29 is 52.1 Å². The van der Waals surface area contributed by atoms with Crippen LogP contribution < -0.4 is 0 Å². The molecule has 7 aromatic carbocycles. The zero-order chi connectivity index (χ0) is 50.6. The molecule has 74 heavy (non-hydrogen) atoms. The van der Waals surface area contributed by atoms with Crippen LogP contribution in [-0.2, 0) is 91.7 Å². The minimum atomic E-state index is -1.20. The van der Waals surface area contributed by atoms with Crippen LogP contribution in [0.3, 0.4) is 0 Å². The minimum absolute atomic E-state index is 0.113. The van der Waals surface area contributed by atoms with E-state index in [0.717, 1.165) is 33.4 Å². The number of benzene rings is 7. The lowest BCUT2D eigenvalue weighted by Crippen LogP contribution is -2.66. The van der Waals surface area contributed by atoms with E-state index in [0.29, 0.717) is 18.8 Å². The van der Waals surface area contributed by atoms with Gasteiger partial charge in [-0.2, -0.15) is 0 Å². The highest BCUT2D eigenvalue weighted by Crippen LogP contribution is 2.37. The van der Waals surface area contributed by atoms with Crippen LogP contribution in [0, 0.1) is 0 Å². The van der Waals surface area contributed by atoms with E-state index < -0.39 is 61.4 Å². The maximum Gasteiger partial charge on any atom is 0.198 e. The summed E-state index contributed by atoms with van der Waals surface area (Å²) >= 11 is 6.14. The van der Waals surface area contributed by atoms with Crippen molar-refractivity contribution in [1.82, 2.24) is 0 Å². The fraction of sp³-hybridized carbons (Fsp3) is 0.306. The van der Waals surface area contributed by atoms with Gasteiger partial charge >= 0.3 is 0 Å². The second-order valence-corrected chi connectivity index (χ2v) is 18.6. The van der Waals surface area contributed by atoms with Gasteiger partial charge in [0.2, 0.25) is 0 Å². The van der Waals surface area contributed by atoms with E-state index in [9.17, 15) is 0 Å². The molecule has 11 nitrogen and oxygen atoms in total. The molecule has 2 aliphatic rings. The predicted octanol–water partition coefficient (Wildman–Crippen LogP) is 11.0. The van der Waals surface area contributed by atoms with Gasteiger partial charge in [-0.05, 0) is 45.6 Å². The Morgan fingerprint density at radius 2 is 0.689 bits per heavy atom. The topological polar surface area (TPSA) is 102 Å². The fourth-order valence-corrected chi connectivity index (χ4v) is 9.34. The number of thiocarbonyl (C=S) groups is 1. The smallest absolute Gasteiger partial charge is 0.198 e. The summed E-state index contributed by atoms with van der Waals surface area (Å²) in [6.45, 7) is 1.83. The van der Waals surface area contributed by atoms with Gasteiger partial charge in [0, 0.05) is 12.7 Å². The van der Waals surface area contributed by atoms with E-state index in [4.69, 9.17) is 64.3 Å². The average Bonchev–Trinajstić information content (AvgIpc) is 3.46. The Kier molecular flexibility index (Phi) is 20.1. The largest absolute Gasteiger partial charge is 0.471 e. The van der Waals surface area contributed by atoms with Crippen LogP contribution in [0.5, 0.6) is 0 Å². The molecule has 10 atom stereocenters. The quantitative estimate of drug-likeness (QED) is 0.0510. The SMILES string of the molecule is CO[C@H]1O[C@H](COCc2ccccc2)[C@@H](OCc2ccccc2)[C@H](O[C@H]2O[C@H](COCc3ccccc3)[C@@H](OCc3ccccc3)[C@H](OCc3ccccc3)[C@@H]2OC(=S)c2ccccc2)[C@H]1OCc1ccccc1. The van der Waals surface area contributed by atoms with Crippen molar-refractivity contribution in [2.45, 2.75) is 101 Å². The number of ether oxygens (including phenoxy) is 11. The Bertz CT molecular complexity index is 2660. The standard InChI is InChI=1S/C62H64O11S/c1-63-60-58(69-42-50-33-19-7-20-34-50)57(55(67-40-48-29-15-5-16-30-48)53(70-60)44-65-38-46-25-11-3-12-26-46)72-61-59(73-62(74)51-35-21-8-22-36-51)56(68-41-49-31-17-6-18-32-49)54(66-39-47-27-13-4-14-28-47)52(71-61)43-64-37-45-23-9-2-10-24-45/h2-36,52-61H,37-44H2,1H3/t52-,53-,54-,55-,56+,57+,58-,59+,60+,61-/m1/s1. The molecule has 9 rings (SSSR count). The van der Waals surface area contributed by atoms with Crippen LogP contribution in [0.15, 0.2) is 212 Å². The van der Waals surface area contributed by atoms with E-state index in [1.54, 1.807) is 7.11 Å². The Morgan fingerprint density at radius 1 is 0.365 bits per heavy atom. The second-order valence-electron chi connectivity index (χ2n) is 18.2. The molecule has 2 saturated heterocycles. The second kappa shape index (κ2) is 28.1. The summed E-state index contributed by atoms with van der Waals surface area (Å²) in [6.07, 6.45) is -8.85. The van der Waals surface area contributed by atoms with Crippen molar-refractivity contribution in [2.75, 3.05) is 20.3 Å². The molecular weight excluding hydrogens is 953 g/mol. The Balaban J connectivity index is 1.12. The molecule has 0 radical (unpaired) electrons. The highest BCUT2D eigenvalue weighted by atomic mass is 32.1. The van der Waals surface area contributed by atoms with Crippen LogP contribution in [0.25, 0.3) is 0 Å².